The maximum atomic E-state index is 2.58. The largest absolute Gasteiger partial charge is 0.309 e. The van der Waals surface area contributed by atoms with Gasteiger partial charge in [-0.2, -0.15) is 0 Å². The number of nitrogens with zero attached hydrogens (tertiary/aromatic N) is 4. The van der Waals surface area contributed by atoms with Crippen LogP contribution < -0.4 is 9.80 Å². The fraction of sp³-hybridized carbons (Fsp3) is 0.0238. The Morgan fingerprint density at radius 2 is 0.557 bits per heavy atom. The topological polar surface area (TPSA) is 15.3 Å². The first-order chi connectivity index (χ1) is 43.6. The van der Waals surface area contributed by atoms with Crippen molar-refractivity contribution in [1.82, 2.24) is 8.80 Å². The van der Waals surface area contributed by atoms with E-state index >= 15 is 0 Å². The number of hydrogen-bond acceptors (Lipinski definition) is 2. The number of benzene rings is 15. The second kappa shape index (κ2) is 18.5. The molecule has 88 heavy (non-hydrogen) atoms. The van der Waals surface area contributed by atoms with Crippen molar-refractivity contribution in [2.75, 3.05) is 9.80 Å². The molecular weight excluding hydrogens is 1060 g/mol. The molecule has 4 heteroatoms. The van der Waals surface area contributed by atoms with E-state index in [1.54, 1.807) is 0 Å². The molecule has 4 heterocycles. The van der Waals surface area contributed by atoms with Crippen LogP contribution in [-0.4, -0.2) is 8.80 Å². The van der Waals surface area contributed by atoms with Gasteiger partial charge in [-0.1, -0.05) is 242 Å². The van der Waals surface area contributed by atoms with Crippen LogP contribution in [0.2, 0.25) is 0 Å². The van der Waals surface area contributed by atoms with Gasteiger partial charge >= 0.3 is 0 Å². The number of aromatic nitrogens is 2. The quantitative estimate of drug-likeness (QED) is 0.141. The summed E-state index contributed by atoms with van der Waals surface area (Å²) >= 11 is 0. The highest BCUT2D eigenvalue weighted by atomic mass is 15.2. The number of hydrogen-bond donors (Lipinski definition) is 0. The van der Waals surface area contributed by atoms with Crippen LogP contribution in [0, 0.1) is 13.8 Å². The lowest BCUT2D eigenvalue weighted by atomic mass is 9.89. The fourth-order valence-electron chi connectivity index (χ4n) is 15.5. The Morgan fingerprint density at radius 3 is 0.943 bits per heavy atom. The smallest absolute Gasteiger partial charge is 0.0641 e. The third-order valence-corrected chi connectivity index (χ3v) is 19.2. The Balaban J connectivity index is 0.910. The van der Waals surface area contributed by atoms with Crippen molar-refractivity contribution in [2.45, 2.75) is 13.8 Å². The molecule has 0 unspecified atom stereocenters. The van der Waals surface area contributed by atoms with Crippen LogP contribution in [0.25, 0.3) is 142 Å². The van der Waals surface area contributed by atoms with E-state index in [-0.39, 0.29) is 0 Å². The second-order valence-corrected chi connectivity index (χ2v) is 24.0. The summed E-state index contributed by atoms with van der Waals surface area (Å²) in [5.41, 5.74) is 21.3. The van der Waals surface area contributed by atoms with Gasteiger partial charge in [-0.25, -0.2) is 0 Å². The Hall–Kier alpha value is -11.5. The Bertz CT molecular complexity index is 5680. The molecule has 4 nitrogen and oxygen atoms in total. The van der Waals surface area contributed by atoms with Gasteiger partial charge in [0.05, 0.1) is 55.8 Å². The summed E-state index contributed by atoms with van der Waals surface area (Å²) in [6.45, 7) is 4.36. The van der Waals surface area contributed by atoms with Gasteiger partial charge in [0.1, 0.15) is 0 Å². The van der Waals surface area contributed by atoms with Crippen molar-refractivity contribution < 1.29 is 0 Å². The number of fused-ring (bicyclic) bond motifs is 18. The molecule has 19 aromatic rings. The molecule has 0 bridgehead atoms. The van der Waals surface area contributed by atoms with Crippen molar-refractivity contribution in [3.05, 3.63) is 302 Å². The highest BCUT2D eigenvalue weighted by Gasteiger charge is 2.32. The van der Waals surface area contributed by atoms with Crippen molar-refractivity contribution in [3.63, 3.8) is 0 Å². The first-order valence-corrected chi connectivity index (χ1v) is 30.6. The molecule has 0 atom stereocenters. The van der Waals surface area contributed by atoms with Crippen LogP contribution in [0.5, 0.6) is 0 Å². The minimum Gasteiger partial charge on any atom is -0.309 e. The number of anilines is 6. The highest BCUT2D eigenvalue weighted by molar-refractivity contribution is 6.34. The maximum Gasteiger partial charge on any atom is 0.0641 e. The summed E-state index contributed by atoms with van der Waals surface area (Å²) in [7, 11) is 0. The van der Waals surface area contributed by atoms with E-state index in [1.807, 2.05) is 0 Å². The predicted octanol–water partition coefficient (Wildman–Crippen LogP) is 23.5. The second-order valence-electron chi connectivity index (χ2n) is 24.0. The number of rotatable bonds is 8. The van der Waals surface area contributed by atoms with E-state index in [0.717, 1.165) is 34.1 Å². The molecule has 0 aliphatic heterocycles. The molecule has 0 fully saturated rings. The van der Waals surface area contributed by atoms with Gasteiger partial charge in [-0.15, -0.1) is 0 Å². The van der Waals surface area contributed by atoms with Crippen LogP contribution in [0.1, 0.15) is 11.1 Å². The zero-order chi connectivity index (χ0) is 57.9. The molecule has 0 radical (unpaired) electrons. The third kappa shape index (κ3) is 6.74. The van der Waals surface area contributed by atoms with Crippen LogP contribution in [0.4, 0.5) is 34.1 Å². The maximum absolute atomic E-state index is 2.58. The minimum atomic E-state index is 1.11. The summed E-state index contributed by atoms with van der Waals surface area (Å²) in [5, 5.41) is 19.6. The predicted molar refractivity (Wildman–Crippen MR) is 375 cm³/mol. The number of para-hydroxylation sites is 2. The summed E-state index contributed by atoms with van der Waals surface area (Å²) in [4.78, 5) is 5.16. The van der Waals surface area contributed by atoms with E-state index in [1.165, 1.54) is 153 Å². The molecule has 0 spiro atoms. The molecule has 0 amide bonds. The van der Waals surface area contributed by atoms with Gasteiger partial charge in [0.2, 0.25) is 0 Å². The molecule has 19 rings (SSSR count). The van der Waals surface area contributed by atoms with E-state index in [9.17, 15) is 0 Å². The summed E-state index contributed by atoms with van der Waals surface area (Å²) in [6.07, 6.45) is 0. The van der Waals surface area contributed by atoms with E-state index in [4.69, 9.17) is 0 Å². The van der Waals surface area contributed by atoms with Crippen molar-refractivity contribution >= 4 is 153 Å². The van der Waals surface area contributed by atoms with E-state index in [2.05, 4.69) is 324 Å². The van der Waals surface area contributed by atoms with Crippen molar-refractivity contribution in [1.29, 1.82) is 0 Å². The lowest BCUT2D eigenvalue weighted by Gasteiger charge is -2.31. The van der Waals surface area contributed by atoms with Crippen LogP contribution in [0.15, 0.2) is 291 Å². The molecule has 0 N–H and O–H groups in total. The Labute approximate surface area is 507 Å². The first-order valence-electron chi connectivity index (χ1n) is 30.6. The lowest BCUT2D eigenvalue weighted by molar-refractivity contribution is 1.30. The fourth-order valence-corrected chi connectivity index (χ4v) is 15.5. The van der Waals surface area contributed by atoms with Gasteiger partial charge in [-0.05, 0) is 118 Å². The molecule has 410 valence electrons. The zero-order valence-corrected chi connectivity index (χ0v) is 48.5. The Kier molecular flexibility index (Phi) is 10.3. The molecule has 4 aromatic heterocycles. The van der Waals surface area contributed by atoms with Gasteiger partial charge in [-0.3, -0.25) is 0 Å². The summed E-state index contributed by atoms with van der Waals surface area (Å²) in [5.74, 6) is 0. The normalized spacial score (nSPS) is 12.2. The molecule has 0 saturated heterocycles. The third-order valence-electron chi connectivity index (χ3n) is 19.2. The van der Waals surface area contributed by atoms with Gasteiger partial charge in [0.15, 0.2) is 0 Å². The molecule has 15 aromatic carbocycles. The molecule has 0 aliphatic carbocycles. The Morgan fingerprint density at radius 1 is 0.239 bits per heavy atom. The average Bonchev–Trinajstić information content (AvgIpc) is 1.54. The van der Waals surface area contributed by atoms with Crippen LogP contribution in [0.3, 0.4) is 0 Å². The van der Waals surface area contributed by atoms with Gasteiger partial charge in [0, 0.05) is 76.4 Å². The summed E-state index contributed by atoms with van der Waals surface area (Å²) < 4.78 is 5.16. The van der Waals surface area contributed by atoms with E-state index in [0.29, 0.717) is 0 Å². The standard InChI is InChI=1S/C84H54N4/c1-51-37-41-55(42-38-51)85(81-63-31-15-11-27-59(63)57-25-9-13-29-61(57)77(81)53-21-5-3-6-22-53)73-47-45-65-69-49-76-70(50-75(69)87-71-35-19-17-33-67(71)79(73)83(65)87)66-46-48-74(80-68-34-18-20-36-72(68)88(76)84(66)80)86(56-43-39-52(2)40-44-56)82-64-32-16-12-28-60(64)58-26-10-14-30-62(58)78(82)54-23-7-4-8-24-54/h3-50H,1-2H3. The zero-order valence-electron chi connectivity index (χ0n) is 48.5. The minimum absolute atomic E-state index is 1.11. The monoisotopic (exact) mass is 1120 g/mol. The number of aryl methyl sites for hydroxylation is 2. The van der Waals surface area contributed by atoms with Crippen LogP contribution >= 0.6 is 0 Å². The van der Waals surface area contributed by atoms with Crippen molar-refractivity contribution in [3.8, 4) is 22.3 Å². The summed E-state index contributed by atoms with van der Waals surface area (Å²) in [6, 6.07) is 109. The van der Waals surface area contributed by atoms with Gasteiger partial charge in [0.25, 0.3) is 0 Å². The van der Waals surface area contributed by atoms with Crippen molar-refractivity contribution in [2.24, 2.45) is 0 Å². The molecule has 0 aliphatic rings. The average molecular weight is 1120 g/mol. The highest BCUT2D eigenvalue weighted by Crippen LogP contribution is 2.56. The molecular formula is C84H54N4. The molecule has 0 saturated carbocycles. The van der Waals surface area contributed by atoms with Gasteiger partial charge < -0.3 is 18.6 Å². The van der Waals surface area contributed by atoms with E-state index < -0.39 is 0 Å². The lowest BCUT2D eigenvalue weighted by Crippen LogP contribution is -2.13. The van der Waals surface area contributed by atoms with Crippen LogP contribution in [-0.2, 0) is 0 Å². The SMILES string of the molecule is Cc1ccc(N(c2c(-c3ccccc3)c3ccccc3c3ccccc23)c2ccc3c4cc5c(cc4n4c6ccccc6c2c34)c2ccc(N(c3ccc(C)cc3)c3c(-c4ccccc4)c4ccccc4c4ccccc34)c3c4ccccc4n5c23)cc1. The first kappa shape index (κ1) is 48.9.